The zero-order chi connectivity index (χ0) is 13.7. The van der Waals surface area contributed by atoms with E-state index >= 15 is 0 Å². The summed E-state index contributed by atoms with van der Waals surface area (Å²) in [7, 11) is 0. The second-order valence-electron chi connectivity index (χ2n) is 4.67. The molecule has 0 unspecified atom stereocenters. The number of hydrogen-bond acceptors (Lipinski definition) is 3. The van der Waals surface area contributed by atoms with Gasteiger partial charge in [-0.25, -0.2) is 0 Å². The Kier molecular flexibility index (Phi) is 5.28. The highest BCUT2D eigenvalue weighted by molar-refractivity contribution is 6.17. The van der Waals surface area contributed by atoms with E-state index < -0.39 is 0 Å². The van der Waals surface area contributed by atoms with Gasteiger partial charge in [0.15, 0.2) is 5.76 Å². The fraction of sp³-hybridized carbons (Fsp3) is 0.643. The van der Waals surface area contributed by atoms with Crippen LogP contribution < -0.4 is 0 Å². The first-order valence-corrected chi connectivity index (χ1v) is 7.33. The number of furan rings is 1. The maximum atomic E-state index is 12.2. The first kappa shape index (κ1) is 14.4. The number of nitrogens with zero attached hydrogens (tertiary/aromatic N) is 1. The fourth-order valence-corrected chi connectivity index (χ4v) is 2.36. The predicted molar refractivity (Wildman–Crippen MR) is 73.7 cm³/mol. The van der Waals surface area contributed by atoms with Gasteiger partial charge in [0.1, 0.15) is 5.76 Å². The fourth-order valence-electron chi connectivity index (χ4n) is 2.28. The van der Waals surface area contributed by atoms with E-state index in [1.807, 2.05) is 17.9 Å². The Hall–Kier alpha value is -1.00. The van der Waals surface area contributed by atoms with Crippen molar-refractivity contribution < 1.29 is 13.9 Å². The van der Waals surface area contributed by atoms with Crippen LogP contribution in [-0.4, -0.2) is 42.5 Å². The van der Waals surface area contributed by atoms with Gasteiger partial charge in [-0.1, -0.05) is 6.92 Å². The summed E-state index contributed by atoms with van der Waals surface area (Å²) >= 11 is 5.59. The van der Waals surface area contributed by atoms with Crippen molar-refractivity contribution in [2.45, 2.75) is 32.3 Å². The molecular formula is C14H20ClNO3. The molecule has 1 aromatic rings. The van der Waals surface area contributed by atoms with Crippen LogP contribution in [-0.2, 0) is 11.2 Å². The number of piperidine rings is 1. The molecule has 1 aliphatic heterocycles. The van der Waals surface area contributed by atoms with Crippen molar-refractivity contribution in [2.24, 2.45) is 0 Å². The maximum Gasteiger partial charge on any atom is 0.289 e. The molecule has 1 saturated heterocycles. The molecule has 1 aromatic heterocycles. The highest BCUT2D eigenvalue weighted by Gasteiger charge is 2.25. The lowest BCUT2D eigenvalue weighted by atomic mass is 10.1. The van der Waals surface area contributed by atoms with E-state index in [1.165, 1.54) is 0 Å². The van der Waals surface area contributed by atoms with E-state index in [4.69, 9.17) is 20.8 Å². The number of rotatable bonds is 5. The zero-order valence-corrected chi connectivity index (χ0v) is 12.0. The molecule has 0 aromatic carbocycles. The summed E-state index contributed by atoms with van der Waals surface area (Å²) in [6, 6.07) is 3.63. The minimum atomic E-state index is -0.0181. The molecule has 106 valence electrons. The molecule has 0 spiro atoms. The molecule has 2 rings (SSSR count). The summed E-state index contributed by atoms with van der Waals surface area (Å²) in [5, 5.41) is 0. The SMILES string of the molecule is CCc1ccc(C(=O)N2CCC(OCCCl)CC2)o1. The van der Waals surface area contributed by atoms with Crippen molar-refractivity contribution in [1.29, 1.82) is 0 Å². The third-order valence-electron chi connectivity index (χ3n) is 3.38. The molecule has 4 nitrogen and oxygen atoms in total. The summed E-state index contributed by atoms with van der Waals surface area (Å²) < 4.78 is 11.1. The second-order valence-corrected chi connectivity index (χ2v) is 5.05. The van der Waals surface area contributed by atoms with Gasteiger partial charge in [-0.3, -0.25) is 4.79 Å². The van der Waals surface area contributed by atoms with Gasteiger partial charge >= 0.3 is 0 Å². The van der Waals surface area contributed by atoms with Crippen LogP contribution >= 0.6 is 11.6 Å². The van der Waals surface area contributed by atoms with Gasteiger partial charge in [0.05, 0.1) is 12.7 Å². The van der Waals surface area contributed by atoms with E-state index in [2.05, 4.69) is 0 Å². The van der Waals surface area contributed by atoms with Crippen molar-refractivity contribution in [3.8, 4) is 0 Å². The Balaban J connectivity index is 1.85. The Labute approximate surface area is 118 Å². The van der Waals surface area contributed by atoms with Crippen molar-refractivity contribution >= 4 is 17.5 Å². The summed E-state index contributed by atoms with van der Waals surface area (Å²) in [4.78, 5) is 14.1. The largest absolute Gasteiger partial charge is 0.456 e. The maximum absolute atomic E-state index is 12.2. The number of aryl methyl sites for hydroxylation is 1. The van der Waals surface area contributed by atoms with Crippen LogP contribution in [0, 0.1) is 0 Å². The third kappa shape index (κ3) is 3.74. The molecule has 19 heavy (non-hydrogen) atoms. The lowest BCUT2D eigenvalue weighted by molar-refractivity contribution is 0.0144. The quantitative estimate of drug-likeness (QED) is 0.781. The van der Waals surface area contributed by atoms with Gasteiger partial charge in [-0.2, -0.15) is 0 Å². The standard InChI is InChI=1S/C14H20ClNO3/c1-2-11-3-4-13(19-11)14(17)16-8-5-12(6-9-16)18-10-7-15/h3-4,12H,2,5-10H2,1H3. The van der Waals surface area contributed by atoms with Gasteiger partial charge in [0.2, 0.25) is 0 Å². The van der Waals surface area contributed by atoms with Gasteiger partial charge in [-0.05, 0) is 25.0 Å². The zero-order valence-electron chi connectivity index (χ0n) is 11.2. The van der Waals surface area contributed by atoms with Crippen LogP contribution in [0.2, 0.25) is 0 Å². The number of carbonyl (C=O) groups is 1. The number of ether oxygens (including phenoxy) is 1. The predicted octanol–water partition coefficient (Wildman–Crippen LogP) is 2.70. The van der Waals surface area contributed by atoms with Crippen molar-refractivity contribution in [1.82, 2.24) is 4.90 Å². The van der Waals surface area contributed by atoms with Crippen LogP contribution in [0.4, 0.5) is 0 Å². The monoisotopic (exact) mass is 285 g/mol. The Bertz CT molecular complexity index is 411. The van der Waals surface area contributed by atoms with Gasteiger partial charge in [0, 0.05) is 25.4 Å². The molecule has 0 saturated carbocycles. The van der Waals surface area contributed by atoms with Crippen molar-refractivity contribution in [2.75, 3.05) is 25.6 Å². The normalized spacial score (nSPS) is 16.8. The summed E-state index contributed by atoms with van der Waals surface area (Å²) in [5.41, 5.74) is 0. The molecule has 5 heteroatoms. The second kappa shape index (κ2) is 6.96. The Morgan fingerprint density at radius 2 is 2.21 bits per heavy atom. The van der Waals surface area contributed by atoms with E-state index in [0.29, 0.717) is 31.3 Å². The lowest BCUT2D eigenvalue weighted by Gasteiger charge is -2.31. The average Bonchev–Trinajstić information content (AvgIpc) is 2.94. The molecular weight excluding hydrogens is 266 g/mol. The number of halogens is 1. The van der Waals surface area contributed by atoms with Crippen molar-refractivity contribution in [3.63, 3.8) is 0 Å². The summed E-state index contributed by atoms with van der Waals surface area (Å²) in [6.07, 6.45) is 2.76. The topological polar surface area (TPSA) is 42.7 Å². The number of hydrogen-bond donors (Lipinski definition) is 0. The molecule has 2 heterocycles. The van der Waals surface area contributed by atoms with E-state index in [9.17, 15) is 4.79 Å². The summed E-state index contributed by atoms with van der Waals surface area (Å²) in [6.45, 7) is 4.02. The number of carbonyl (C=O) groups excluding carboxylic acids is 1. The molecule has 0 bridgehead atoms. The minimum absolute atomic E-state index is 0.0181. The number of likely N-dealkylation sites (tertiary alicyclic amines) is 1. The number of alkyl halides is 1. The molecule has 0 radical (unpaired) electrons. The molecule has 1 fully saturated rings. The van der Waals surface area contributed by atoms with E-state index in [-0.39, 0.29) is 12.0 Å². The average molecular weight is 286 g/mol. The van der Waals surface area contributed by atoms with Crippen LogP contribution in [0.15, 0.2) is 16.5 Å². The third-order valence-corrected chi connectivity index (χ3v) is 3.54. The Morgan fingerprint density at radius 3 is 2.79 bits per heavy atom. The molecule has 0 aliphatic carbocycles. The first-order chi connectivity index (χ1) is 9.24. The molecule has 0 N–H and O–H groups in total. The van der Waals surface area contributed by atoms with Gasteiger partial charge in [-0.15, -0.1) is 11.6 Å². The lowest BCUT2D eigenvalue weighted by Crippen LogP contribution is -2.40. The van der Waals surface area contributed by atoms with E-state index in [1.54, 1.807) is 6.07 Å². The van der Waals surface area contributed by atoms with Crippen LogP contribution in [0.25, 0.3) is 0 Å². The highest BCUT2D eigenvalue weighted by atomic mass is 35.5. The minimum Gasteiger partial charge on any atom is -0.456 e. The van der Waals surface area contributed by atoms with Crippen molar-refractivity contribution in [3.05, 3.63) is 23.7 Å². The number of amides is 1. The van der Waals surface area contributed by atoms with Crippen LogP contribution in [0.1, 0.15) is 36.1 Å². The summed E-state index contributed by atoms with van der Waals surface area (Å²) in [5.74, 6) is 1.79. The molecule has 0 atom stereocenters. The van der Waals surface area contributed by atoms with Gasteiger partial charge < -0.3 is 14.1 Å². The van der Waals surface area contributed by atoms with E-state index in [0.717, 1.165) is 25.0 Å². The Morgan fingerprint density at radius 1 is 1.47 bits per heavy atom. The van der Waals surface area contributed by atoms with Crippen LogP contribution in [0.3, 0.4) is 0 Å². The smallest absolute Gasteiger partial charge is 0.289 e. The van der Waals surface area contributed by atoms with Crippen LogP contribution in [0.5, 0.6) is 0 Å². The highest BCUT2D eigenvalue weighted by Crippen LogP contribution is 2.18. The van der Waals surface area contributed by atoms with Gasteiger partial charge in [0.25, 0.3) is 5.91 Å². The molecule has 1 amide bonds. The molecule has 1 aliphatic rings. The first-order valence-electron chi connectivity index (χ1n) is 6.80.